The Morgan fingerprint density at radius 2 is 2.12 bits per heavy atom. The first-order valence-corrected chi connectivity index (χ1v) is 7.88. The highest BCUT2D eigenvalue weighted by molar-refractivity contribution is 7.71. The normalized spacial score (nSPS) is 11.6. The van der Waals surface area contributed by atoms with Crippen molar-refractivity contribution in [2.75, 3.05) is 0 Å². The zero-order chi connectivity index (χ0) is 17.6. The van der Waals surface area contributed by atoms with Crippen LogP contribution in [0.3, 0.4) is 0 Å². The summed E-state index contributed by atoms with van der Waals surface area (Å²) in [7, 11) is 0. The second-order valence-corrected chi connectivity index (χ2v) is 5.57. The largest absolute Gasteiger partial charge is 0.296 e. The van der Waals surface area contributed by atoms with Crippen molar-refractivity contribution in [2.45, 2.75) is 13.5 Å². The quantitative estimate of drug-likeness (QED) is 0.557. The number of aromatic amines is 1. The van der Waals surface area contributed by atoms with Gasteiger partial charge < -0.3 is 0 Å². The number of allylic oxidation sites excluding steroid dienone is 1. The molecule has 3 rings (SSSR count). The third-order valence-corrected chi connectivity index (χ3v) is 3.56. The fourth-order valence-electron chi connectivity index (χ4n) is 2.06. The van der Waals surface area contributed by atoms with Crippen LogP contribution in [0.15, 0.2) is 52.5 Å². The third kappa shape index (κ3) is 4.21. The van der Waals surface area contributed by atoms with Crippen LogP contribution < -0.4 is 5.56 Å². The number of nitrogens with zero attached hydrogens (tertiary/aromatic N) is 6. The van der Waals surface area contributed by atoms with Crippen LogP contribution in [0, 0.1) is 11.7 Å². The zero-order valence-corrected chi connectivity index (χ0v) is 14.2. The minimum absolute atomic E-state index is 0.133. The first kappa shape index (κ1) is 16.7. The van der Waals surface area contributed by atoms with Crippen LogP contribution in [-0.4, -0.2) is 36.1 Å². The van der Waals surface area contributed by atoms with Gasteiger partial charge in [-0.2, -0.15) is 14.9 Å². The van der Waals surface area contributed by atoms with Gasteiger partial charge in [0.15, 0.2) is 0 Å². The standard InChI is InChI=1S/C16H15N7OS/c1-12-15(24)23(16(25)20-18-12)17-9-5-8-14-11-22(21-19-14)10-13-6-3-2-4-7-13/h2-9,11H,10H2,1H3,(H,20,25)/b8-5+,17-9-. The lowest BCUT2D eigenvalue weighted by Gasteiger charge is -1.98. The van der Waals surface area contributed by atoms with Crippen LogP contribution in [0.5, 0.6) is 0 Å². The molecule has 3 aromatic rings. The van der Waals surface area contributed by atoms with Gasteiger partial charge in [-0.05, 0) is 36.9 Å². The monoisotopic (exact) mass is 353 g/mol. The van der Waals surface area contributed by atoms with Gasteiger partial charge in [0.25, 0.3) is 5.56 Å². The number of aromatic nitrogens is 6. The molecule has 8 nitrogen and oxygen atoms in total. The fraction of sp³-hybridized carbons (Fsp3) is 0.125. The van der Waals surface area contributed by atoms with E-state index in [0.29, 0.717) is 17.9 Å². The van der Waals surface area contributed by atoms with Crippen LogP contribution in [0.4, 0.5) is 0 Å². The summed E-state index contributed by atoms with van der Waals surface area (Å²) in [5.41, 5.74) is 1.76. The van der Waals surface area contributed by atoms with E-state index < -0.39 is 0 Å². The summed E-state index contributed by atoms with van der Waals surface area (Å²) in [6, 6.07) is 10.00. The highest BCUT2D eigenvalue weighted by atomic mass is 32.1. The molecule has 0 saturated heterocycles. The Morgan fingerprint density at radius 1 is 1.32 bits per heavy atom. The minimum Gasteiger partial charge on any atom is -0.265 e. The van der Waals surface area contributed by atoms with Crippen molar-refractivity contribution >= 4 is 24.5 Å². The van der Waals surface area contributed by atoms with Gasteiger partial charge in [-0.15, -0.1) is 5.10 Å². The molecule has 0 amide bonds. The van der Waals surface area contributed by atoms with Crippen molar-refractivity contribution in [2.24, 2.45) is 5.10 Å². The molecule has 1 N–H and O–H groups in total. The number of hydrogen-bond donors (Lipinski definition) is 1. The van der Waals surface area contributed by atoms with E-state index in [1.807, 2.05) is 36.5 Å². The Hall–Kier alpha value is -3.20. The van der Waals surface area contributed by atoms with E-state index in [0.717, 1.165) is 10.2 Å². The number of aryl methyl sites for hydroxylation is 1. The van der Waals surface area contributed by atoms with Crippen LogP contribution >= 0.6 is 12.2 Å². The first-order chi connectivity index (χ1) is 12.1. The van der Waals surface area contributed by atoms with E-state index in [-0.39, 0.29) is 10.3 Å². The molecule has 0 unspecified atom stereocenters. The fourth-order valence-corrected chi connectivity index (χ4v) is 2.24. The highest BCUT2D eigenvalue weighted by Gasteiger charge is 2.00. The molecule has 2 aromatic heterocycles. The molecule has 0 aliphatic carbocycles. The molecule has 0 radical (unpaired) electrons. The average molecular weight is 353 g/mol. The lowest BCUT2D eigenvalue weighted by Crippen LogP contribution is -2.22. The molecule has 0 aliphatic heterocycles. The lowest BCUT2D eigenvalue weighted by molar-refractivity contribution is 0.649. The van der Waals surface area contributed by atoms with Crippen molar-refractivity contribution in [1.29, 1.82) is 0 Å². The van der Waals surface area contributed by atoms with E-state index in [4.69, 9.17) is 12.2 Å². The molecule has 0 spiro atoms. The van der Waals surface area contributed by atoms with Crippen LogP contribution in [0.2, 0.25) is 0 Å². The number of rotatable bonds is 5. The predicted molar refractivity (Wildman–Crippen MR) is 96.9 cm³/mol. The maximum absolute atomic E-state index is 11.9. The Labute approximate surface area is 148 Å². The van der Waals surface area contributed by atoms with Gasteiger partial charge in [0, 0.05) is 6.21 Å². The number of H-pyrrole nitrogens is 1. The van der Waals surface area contributed by atoms with Crippen LogP contribution in [0.1, 0.15) is 17.0 Å². The molecular weight excluding hydrogens is 338 g/mol. The maximum Gasteiger partial charge on any atom is 0.296 e. The van der Waals surface area contributed by atoms with Crippen molar-refractivity contribution < 1.29 is 0 Å². The van der Waals surface area contributed by atoms with Crippen molar-refractivity contribution in [3.63, 3.8) is 0 Å². The van der Waals surface area contributed by atoms with Gasteiger partial charge in [0.2, 0.25) is 4.77 Å². The average Bonchev–Trinajstić information content (AvgIpc) is 3.06. The Kier molecular flexibility index (Phi) is 5.05. The summed E-state index contributed by atoms with van der Waals surface area (Å²) < 4.78 is 2.96. The van der Waals surface area contributed by atoms with E-state index >= 15 is 0 Å². The van der Waals surface area contributed by atoms with E-state index in [1.165, 1.54) is 6.21 Å². The smallest absolute Gasteiger partial charge is 0.265 e. The number of benzene rings is 1. The third-order valence-electron chi connectivity index (χ3n) is 3.29. The van der Waals surface area contributed by atoms with Crippen LogP contribution in [-0.2, 0) is 6.54 Å². The summed E-state index contributed by atoms with van der Waals surface area (Å²) >= 11 is 4.99. The van der Waals surface area contributed by atoms with Gasteiger partial charge in [-0.3, -0.25) is 9.89 Å². The molecule has 25 heavy (non-hydrogen) atoms. The topological polar surface area (TPSA) is 93.8 Å². The predicted octanol–water partition coefficient (Wildman–Crippen LogP) is 1.80. The van der Waals surface area contributed by atoms with Gasteiger partial charge in [-0.25, -0.2) is 4.68 Å². The number of nitrogens with one attached hydrogen (secondary N) is 1. The lowest BCUT2D eigenvalue weighted by atomic mass is 10.2. The maximum atomic E-state index is 11.9. The molecule has 126 valence electrons. The van der Waals surface area contributed by atoms with Gasteiger partial charge >= 0.3 is 0 Å². The Bertz CT molecular complexity index is 1030. The van der Waals surface area contributed by atoms with Crippen molar-refractivity contribution in [1.82, 2.24) is 29.9 Å². The first-order valence-electron chi connectivity index (χ1n) is 7.47. The molecule has 0 bridgehead atoms. The van der Waals surface area contributed by atoms with E-state index in [2.05, 4.69) is 25.6 Å². The molecule has 1 aromatic carbocycles. The van der Waals surface area contributed by atoms with E-state index in [9.17, 15) is 4.79 Å². The number of hydrogen-bond acceptors (Lipinski definition) is 6. The molecule has 2 heterocycles. The molecule has 0 saturated carbocycles. The molecular formula is C16H15N7OS. The van der Waals surface area contributed by atoms with Crippen LogP contribution in [0.25, 0.3) is 6.08 Å². The van der Waals surface area contributed by atoms with Crippen molar-refractivity contribution in [3.8, 4) is 0 Å². The zero-order valence-electron chi connectivity index (χ0n) is 13.4. The van der Waals surface area contributed by atoms with Crippen molar-refractivity contribution in [3.05, 3.63) is 74.7 Å². The van der Waals surface area contributed by atoms with Gasteiger partial charge in [-0.1, -0.05) is 35.5 Å². The second-order valence-electron chi connectivity index (χ2n) is 5.18. The molecule has 0 fully saturated rings. The summed E-state index contributed by atoms with van der Waals surface area (Å²) in [5.74, 6) is 0. The minimum atomic E-state index is -0.359. The van der Waals surface area contributed by atoms with E-state index in [1.54, 1.807) is 23.8 Å². The summed E-state index contributed by atoms with van der Waals surface area (Å²) in [6.45, 7) is 2.23. The molecule has 0 aliphatic rings. The summed E-state index contributed by atoms with van der Waals surface area (Å²) in [4.78, 5) is 11.9. The molecule has 9 heteroatoms. The van der Waals surface area contributed by atoms with Gasteiger partial charge in [0.1, 0.15) is 11.4 Å². The Morgan fingerprint density at radius 3 is 2.92 bits per heavy atom. The summed E-state index contributed by atoms with van der Waals surface area (Å²) in [6.07, 6.45) is 6.69. The SMILES string of the molecule is Cc1n[nH]c(=S)n(/N=C\C=C\c2cn(Cc3ccccc3)nn2)c1=O. The highest BCUT2D eigenvalue weighted by Crippen LogP contribution is 2.02. The van der Waals surface area contributed by atoms with Gasteiger partial charge in [0.05, 0.1) is 12.7 Å². The summed E-state index contributed by atoms with van der Waals surface area (Å²) in [5, 5.41) is 18.5. The Balaban J connectivity index is 1.68. The molecule has 0 atom stereocenters. The second kappa shape index (κ2) is 7.58.